The van der Waals surface area contributed by atoms with Crippen LogP contribution in [-0.2, 0) is 6.61 Å². The van der Waals surface area contributed by atoms with E-state index < -0.39 is 5.92 Å². The topological polar surface area (TPSA) is 101 Å². The van der Waals surface area contributed by atoms with Crippen LogP contribution in [0.2, 0.25) is 0 Å². The summed E-state index contributed by atoms with van der Waals surface area (Å²) >= 11 is 0. The van der Waals surface area contributed by atoms with Gasteiger partial charge in [-0.2, -0.15) is 5.26 Å². The van der Waals surface area contributed by atoms with Crippen molar-refractivity contribution in [1.29, 1.82) is 5.26 Å². The minimum atomic E-state index is -0.455. The van der Waals surface area contributed by atoms with E-state index in [1.54, 1.807) is 12.1 Å². The number of H-pyrrole nitrogens is 1. The lowest BCUT2D eigenvalue weighted by Gasteiger charge is -2.17. The highest BCUT2D eigenvalue weighted by Crippen LogP contribution is 2.36. The largest absolute Gasteiger partial charge is 0.490 e. The van der Waals surface area contributed by atoms with Crippen LogP contribution in [0, 0.1) is 21.4 Å². The molecule has 0 bridgehead atoms. The molecule has 0 aliphatic rings. The Morgan fingerprint density at radius 3 is 2.64 bits per heavy atom. The molecule has 4 aromatic rings. The van der Waals surface area contributed by atoms with Crippen molar-refractivity contribution in [1.82, 2.24) is 4.98 Å². The molecule has 3 aromatic carbocycles. The van der Waals surface area contributed by atoms with Gasteiger partial charge in [0.2, 0.25) is 6.54 Å². The molecule has 7 heteroatoms. The van der Waals surface area contributed by atoms with Gasteiger partial charge in [-0.1, -0.05) is 42.5 Å². The number of fused-ring (bicyclic) bond motifs is 1. The highest BCUT2D eigenvalue weighted by atomic mass is 16.6. The molecule has 0 fully saturated rings. The lowest BCUT2D eigenvalue weighted by molar-refractivity contribution is -0.481. The van der Waals surface area contributed by atoms with Gasteiger partial charge in [-0.3, -0.25) is 10.1 Å². The maximum absolute atomic E-state index is 11.5. The fourth-order valence-electron chi connectivity index (χ4n) is 3.95. The van der Waals surface area contributed by atoms with Gasteiger partial charge in [-0.15, -0.1) is 0 Å². The smallest absolute Gasteiger partial charge is 0.214 e. The van der Waals surface area contributed by atoms with Crippen LogP contribution in [-0.4, -0.2) is 23.1 Å². The zero-order valence-corrected chi connectivity index (χ0v) is 18.2. The molecule has 1 N–H and O–H groups in total. The van der Waals surface area contributed by atoms with Gasteiger partial charge in [0.25, 0.3) is 0 Å². The standard InChI is InChI=1S/C26H23N3O4/c1-2-32-26-13-18(11-12-25(26)33-17-20-8-4-3-7-19(20)14-27)23(16-29(30)31)22-15-28-24-10-6-5-9-21(22)24/h3-13,15,23,28H,2,16-17H2,1H3/t23-/m0/s1. The Morgan fingerprint density at radius 2 is 1.85 bits per heavy atom. The van der Waals surface area contributed by atoms with Crippen LogP contribution in [0.3, 0.4) is 0 Å². The second kappa shape index (κ2) is 9.88. The minimum Gasteiger partial charge on any atom is -0.490 e. The Hall–Kier alpha value is -4.31. The lowest BCUT2D eigenvalue weighted by atomic mass is 9.90. The Bertz CT molecular complexity index is 1320. The minimum absolute atomic E-state index is 0.212. The Morgan fingerprint density at radius 1 is 1.06 bits per heavy atom. The fraction of sp³-hybridized carbons (Fsp3) is 0.192. The van der Waals surface area contributed by atoms with E-state index in [1.165, 1.54) is 0 Å². The number of aromatic amines is 1. The molecular weight excluding hydrogens is 418 g/mol. The third-order valence-electron chi connectivity index (χ3n) is 5.52. The molecule has 0 amide bonds. The van der Waals surface area contributed by atoms with E-state index >= 15 is 0 Å². The number of nitriles is 1. The molecule has 7 nitrogen and oxygen atoms in total. The third-order valence-corrected chi connectivity index (χ3v) is 5.52. The Balaban J connectivity index is 1.68. The normalized spacial score (nSPS) is 11.6. The van der Waals surface area contributed by atoms with E-state index in [0.29, 0.717) is 23.7 Å². The zero-order valence-electron chi connectivity index (χ0n) is 18.2. The van der Waals surface area contributed by atoms with Crippen LogP contribution >= 0.6 is 0 Å². The highest BCUT2D eigenvalue weighted by molar-refractivity contribution is 5.84. The fourth-order valence-corrected chi connectivity index (χ4v) is 3.95. The number of aromatic nitrogens is 1. The lowest BCUT2D eigenvalue weighted by Crippen LogP contribution is -2.14. The summed E-state index contributed by atoms with van der Waals surface area (Å²) in [5.41, 5.74) is 3.89. The van der Waals surface area contributed by atoms with E-state index in [2.05, 4.69) is 11.1 Å². The molecule has 1 atom stereocenters. The van der Waals surface area contributed by atoms with Crippen molar-refractivity contribution in [2.75, 3.05) is 13.2 Å². The van der Waals surface area contributed by atoms with Crippen molar-refractivity contribution in [3.63, 3.8) is 0 Å². The zero-order chi connectivity index (χ0) is 23.2. The van der Waals surface area contributed by atoms with Gasteiger partial charge in [-0.05, 0) is 42.3 Å². The van der Waals surface area contributed by atoms with Crippen LogP contribution in [0.15, 0.2) is 72.9 Å². The number of benzene rings is 3. The average Bonchev–Trinajstić information content (AvgIpc) is 3.26. The van der Waals surface area contributed by atoms with Gasteiger partial charge in [0, 0.05) is 27.6 Å². The van der Waals surface area contributed by atoms with E-state index in [-0.39, 0.29) is 18.1 Å². The summed E-state index contributed by atoms with van der Waals surface area (Å²) in [6, 6.07) is 22.6. The summed E-state index contributed by atoms with van der Waals surface area (Å²) in [5.74, 6) is 0.577. The highest BCUT2D eigenvalue weighted by Gasteiger charge is 2.24. The molecule has 0 unspecified atom stereocenters. The summed E-state index contributed by atoms with van der Waals surface area (Å²) in [7, 11) is 0. The van der Waals surface area contributed by atoms with Crippen molar-refractivity contribution < 1.29 is 14.4 Å². The number of rotatable bonds is 9. The predicted octanol–water partition coefficient (Wildman–Crippen LogP) is 5.43. The molecule has 0 aliphatic heterocycles. The molecular formula is C26H23N3O4. The number of nitrogens with one attached hydrogen (secondary N) is 1. The van der Waals surface area contributed by atoms with Crippen LogP contribution in [0.1, 0.15) is 35.1 Å². The van der Waals surface area contributed by atoms with Crippen molar-refractivity contribution >= 4 is 10.9 Å². The van der Waals surface area contributed by atoms with E-state index in [0.717, 1.165) is 27.6 Å². The molecule has 0 saturated heterocycles. The van der Waals surface area contributed by atoms with Crippen molar-refractivity contribution in [2.24, 2.45) is 0 Å². The Kier molecular flexibility index (Phi) is 6.56. The SMILES string of the molecule is CCOc1cc([C@H](C[N+](=O)[O-])c2c[nH]c3ccccc23)ccc1OCc1ccccc1C#N. The molecule has 0 aliphatic carbocycles. The number of nitro groups is 1. The number of para-hydroxylation sites is 1. The quantitative estimate of drug-likeness (QED) is 0.276. The van der Waals surface area contributed by atoms with Gasteiger partial charge in [0.05, 0.1) is 24.2 Å². The van der Waals surface area contributed by atoms with Crippen LogP contribution in [0.5, 0.6) is 11.5 Å². The van der Waals surface area contributed by atoms with Crippen molar-refractivity contribution in [3.05, 3.63) is 105 Å². The maximum atomic E-state index is 11.5. The summed E-state index contributed by atoms with van der Waals surface area (Å²) in [6.07, 6.45) is 1.84. The first-order valence-electron chi connectivity index (χ1n) is 10.7. The van der Waals surface area contributed by atoms with Gasteiger partial charge in [0.1, 0.15) is 6.61 Å². The molecule has 4 rings (SSSR count). The van der Waals surface area contributed by atoms with E-state index in [9.17, 15) is 15.4 Å². The van der Waals surface area contributed by atoms with Crippen LogP contribution in [0.25, 0.3) is 10.9 Å². The summed E-state index contributed by atoms with van der Waals surface area (Å²) in [6.45, 7) is 2.25. The summed E-state index contributed by atoms with van der Waals surface area (Å²) in [5, 5.41) is 21.8. The first kappa shape index (κ1) is 21.9. The van der Waals surface area contributed by atoms with Crippen LogP contribution in [0.4, 0.5) is 0 Å². The number of hydrogen-bond acceptors (Lipinski definition) is 5. The van der Waals surface area contributed by atoms with E-state index in [1.807, 2.05) is 67.7 Å². The molecule has 1 heterocycles. The van der Waals surface area contributed by atoms with Crippen LogP contribution < -0.4 is 9.47 Å². The van der Waals surface area contributed by atoms with Crippen molar-refractivity contribution in [3.8, 4) is 17.6 Å². The van der Waals surface area contributed by atoms with Gasteiger partial charge < -0.3 is 14.5 Å². The second-order valence-electron chi connectivity index (χ2n) is 7.55. The second-order valence-corrected chi connectivity index (χ2v) is 7.55. The predicted molar refractivity (Wildman–Crippen MR) is 125 cm³/mol. The number of nitrogens with zero attached hydrogens (tertiary/aromatic N) is 2. The third kappa shape index (κ3) is 4.80. The molecule has 0 radical (unpaired) electrons. The van der Waals surface area contributed by atoms with E-state index in [4.69, 9.17) is 9.47 Å². The molecule has 0 saturated carbocycles. The van der Waals surface area contributed by atoms with Gasteiger partial charge in [-0.25, -0.2) is 0 Å². The Labute approximate surface area is 191 Å². The summed E-state index contributed by atoms with van der Waals surface area (Å²) in [4.78, 5) is 14.4. The number of hydrogen-bond donors (Lipinski definition) is 1. The van der Waals surface area contributed by atoms with Gasteiger partial charge in [0.15, 0.2) is 11.5 Å². The number of ether oxygens (including phenoxy) is 2. The average molecular weight is 441 g/mol. The molecule has 166 valence electrons. The maximum Gasteiger partial charge on any atom is 0.214 e. The molecule has 0 spiro atoms. The van der Waals surface area contributed by atoms with Gasteiger partial charge >= 0.3 is 0 Å². The first-order valence-corrected chi connectivity index (χ1v) is 10.7. The summed E-state index contributed by atoms with van der Waals surface area (Å²) < 4.78 is 11.8. The molecule has 1 aromatic heterocycles. The molecule has 33 heavy (non-hydrogen) atoms. The van der Waals surface area contributed by atoms with Crippen molar-refractivity contribution in [2.45, 2.75) is 19.4 Å². The monoisotopic (exact) mass is 441 g/mol. The first-order chi connectivity index (χ1) is 16.1.